The first kappa shape index (κ1) is 22.7. The third-order valence-corrected chi connectivity index (χ3v) is 4.65. The van der Waals surface area contributed by atoms with Crippen molar-refractivity contribution in [3.05, 3.63) is 94.5 Å². The molecule has 162 valence electrons. The van der Waals surface area contributed by atoms with Crippen LogP contribution >= 0.6 is 11.6 Å². The number of rotatable bonds is 5. The van der Waals surface area contributed by atoms with E-state index in [0.717, 1.165) is 5.56 Å². The first-order valence-corrected chi connectivity index (χ1v) is 10.0. The van der Waals surface area contributed by atoms with Crippen molar-refractivity contribution in [2.45, 2.75) is 13.8 Å². The van der Waals surface area contributed by atoms with Crippen molar-refractivity contribution in [2.75, 3.05) is 5.32 Å². The number of carbonyl (C=O) groups excluding carboxylic acids is 3. The van der Waals surface area contributed by atoms with E-state index >= 15 is 0 Å². The molecule has 0 unspecified atom stereocenters. The minimum absolute atomic E-state index is 0.257. The number of amides is 2. The number of ether oxygens (including phenoxy) is 1. The number of nitrogens with one attached hydrogen (secondary N) is 2. The molecule has 0 heterocycles. The van der Waals surface area contributed by atoms with Crippen LogP contribution in [0.4, 0.5) is 5.69 Å². The average Bonchev–Trinajstić information content (AvgIpc) is 2.79. The molecule has 0 aliphatic rings. The topological polar surface area (TPSA) is 96.9 Å². The van der Waals surface area contributed by atoms with Gasteiger partial charge in [-0.1, -0.05) is 41.4 Å². The number of anilines is 1. The molecule has 0 saturated heterocycles. The number of hydrogen-bond acceptors (Lipinski definition) is 5. The molecule has 3 aromatic rings. The Morgan fingerprint density at radius 1 is 0.875 bits per heavy atom. The van der Waals surface area contributed by atoms with Gasteiger partial charge in [-0.2, -0.15) is 5.10 Å². The van der Waals surface area contributed by atoms with Crippen molar-refractivity contribution in [1.29, 1.82) is 0 Å². The molecule has 0 spiro atoms. The molecule has 2 N–H and O–H groups in total. The van der Waals surface area contributed by atoms with Crippen LogP contribution in [0.15, 0.2) is 77.9 Å². The first-order chi connectivity index (χ1) is 15.3. The van der Waals surface area contributed by atoms with E-state index in [0.29, 0.717) is 27.5 Å². The van der Waals surface area contributed by atoms with Crippen molar-refractivity contribution in [3.8, 4) is 5.75 Å². The summed E-state index contributed by atoms with van der Waals surface area (Å²) in [5.74, 6) is -2.09. The van der Waals surface area contributed by atoms with Crippen LogP contribution in [0.25, 0.3) is 0 Å². The van der Waals surface area contributed by atoms with Crippen LogP contribution in [0.1, 0.15) is 28.4 Å². The van der Waals surface area contributed by atoms with Crippen molar-refractivity contribution >= 4 is 40.8 Å². The van der Waals surface area contributed by atoms with Crippen LogP contribution in [-0.4, -0.2) is 23.5 Å². The molecule has 32 heavy (non-hydrogen) atoms. The zero-order valence-corrected chi connectivity index (χ0v) is 18.1. The van der Waals surface area contributed by atoms with Gasteiger partial charge in [-0.25, -0.2) is 10.2 Å². The molecule has 7 nitrogen and oxygen atoms in total. The van der Waals surface area contributed by atoms with Crippen LogP contribution in [0.2, 0.25) is 5.02 Å². The minimum Gasteiger partial charge on any atom is -0.422 e. The quantitative estimate of drug-likeness (QED) is 0.199. The molecule has 0 saturated carbocycles. The van der Waals surface area contributed by atoms with Gasteiger partial charge in [-0.3, -0.25) is 9.59 Å². The standard InChI is InChI=1S/C24H20ClN3O4/c1-15-7-13-19(14-8-15)26-22(29)23(30)28-27-16(2)20-5-3-4-6-21(20)32-24(31)17-9-11-18(25)12-10-17/h3-14H,1-2H3,(H,26,29)(H,28,30)/b27-16+. The van der Waals surface area contributed by atoms with Gasteiger partial charge in [0, 0.05) is 16.3 Å². The molecule has 0 radical (unpaired) electrons. The van der Waals surface area contributed by atoms with Crippen molar-refractivity contribution in [2.24, 2.45) is 5.10 Å². The Balaban J connectivity index is 1.67. The summed E-state index contributed by atoms with van der Waals surface area (Å²) in [7, 11) is 0. The lowest BCUT2D eigenvalue weighted by molar-refractivity contribution is -0.136. The van der Waals surface area contributed by atoms with Crippen LogP contribution in [0.3, 0.4) is 0 Å². The zero-order chi connectivity index (χ0) is 23.1. The molecule has 3 rings (SSSR count). The molecule has 2 amide bonds. The zero-order valence-electron chi connectivity index (χ0n) is 17.4. The van der Waals surface area contributed by atoms with Gasteiger partial charge in [0.15, 0.2) is 0 Å². The molecule has 0 fully saturated rings. The smallest absolute Gasteiger partial charge is 0.343 e. The molecule has 0 aromatic heterocycles. The Morgan fingerprint density at radius 3 is 2.22 bits per heavy atom. The highest BCUT2D eigenvalue weighted by molar-refractivity contribution is 6.39. The average molecular weight is 450 g/mol. The summed E-state index contributed by atoms with van der Waals surface area (Å²) < 4.78 is 5.48. The van der Waals surface area contributed by atoms with Crippen molar-refractivity contribution in [1.82, 2.24) is 5.43 Å². The van der Waals surface area contributed by atoms with Crippen LogP contribution in [-0.2, 0) is 9.59 Å². The molecular weight excluding hydrogens is 430 g/mol. The normalized spacial score (nSPS) is 10.9. The van der Waals surface area contributed by atoms with Gasteiger partial charge in [0.25, 0.3) is 0 Å². The van der Waals surface area contributed by atoms with E-state index in [4.69, 9.17) is 16.3 Å². The number of para-hydroxylation sites is 1. The van der Waals surface area contributed by atoms with Crippen molar-refractivity contribution in [3.63, 3.8) is 0 Å². The Morgan fingerprint density at radius 2 is 1.53 bits per heavy atom. The molecule has 0 aliphatic carbocycles. The summed E-state index contributed by atoms with van der Waals surface area (Å²) in [6.07, 6.45) is 0. The molecule has 0 atom stereocenters. The summed E-state index contributed by atoms with van der Waals surface area (Å²) >= 11 is 5.85. The predicted octanol–water partition coefficient (Wildman–Crippen LogP) is 4.35. The molecule has 8 heteroatoms. The third kappa shape index (κ3) is 6.02. The van der Waals surface area contributed by atoms with Gasteiger partial charge in [-0.05, 0) is 62.4 Å². The van der Waals surface area contributed by atoms with Gasteiger partial charge in [-0.15, -0.1) is 0 Å². The fraction of sp³-hybridized carbons (Fsp3) is 0.0833. The number of nitrogens with zero attached hydrogens (tertiary/aromatic N) is 1. The van der Waals surface area contributed by atoms with Crippen LogP contribution in [0.5, 0.6) is 5.75 Å². The van der Waals surface area contributed by atoms with E-state index in [9.17, 15) is 14.4 Å². The summed E-state index contributed by atoms with van der Waals surface area (Å²) in [6, 6.07) is 20.0. The number of benzene rings is 3. The van der Waals surface area contributed by atoms with Gasteiger partial charge >= 0.3 is 17.8 Å². The first-order valence-electron chi connectivity index (χ1n) is 9.63. The molecule has 3 aromatic carbocycles. The lowest BCUT2D eigenvalue weighted by atomic mass is 10.1. The highest BCUT2D eigenvalue weighted by atomic mass is 35.5. The minimum atomic E-state index is -0.930. The highest BCUT2D eigenvalue weighted by Crippen LogP contribution is 2.21. The van der Waals surface area contributed by atoms with Gasteiger partial charge < -0.3 is 10.1 Å². The van der Waals surface area contributed by atoms with E-state index in [2.05, 4.69) is 15.8 Å². The third-order valence-electron chi connectivity index (χ3n) is 4.40. The van der Waals surface area contributed by atoms with E-state index in [1.807, 2.05) is 19.1 Å². The largest absolute Gasteiger partial charge is 0.422 e. The SMILES string of the molecule is C/C(=N\NC(=O)C(=O)Nc1ccc(C)cc1)c1ccccc1OC(=O)c1ccc(Cl)cc1. The van der Waals surface area contributed by atoms with E-state index < -0.39 is 17.8 Å². The van der Waals surface area contributed by atoms with E-state index in [-0.39, 0.29) is 5.75 Å². The summed E-state index contributed by atoms with van der Waals surface area (Å²) in [5, 5.41) is 6.97. The number of aryl methyl sites for hydroxylation is 1. The maximum atomic E-state index is 12.4. The monoisotopic (exact) mass is 449 g/mol. The summed E-state index contributed by atoms with van der Waals surface area (Å²) in [5.41, 5.74) is 4.90. The summed E-state index contributed by atoms with van der Waals surface area (Å²) in [4.78, 5) is 36.6. The Labute approximate surface area is 190 Å². The van der Waals surface area contributed by atoms with Gasteiger partial charge in [0.2, 0.25) is 0 Å². The number of halogens is 1. The van der Waals surface area contributed by atoms with Gasteiger partial charge in [0.05, 0.1) is 11.3 Å². The van der Waals surface area contributed by atoms with Crippen molar-refractivity contribution < 1.29 is 19.1 Å². The second kappa shape index (κ2) is 10.4. The maximum absolute atomic E-state index is 12.4. The highest BCUT2D eigenvalue weighted by Gasteiger charge is 2.15. The van der Waals surface area contributed by atoms with Gasteiger partial charge in [0.1, 0.15) is 5.75 Å². The Hall–Kier alpha value is -3.97. The number of hydrogen-bond donors (Lipinski definition) is 2. The summed E-state index contributed by atoms with van der Waals surface area (Å²) in [6.45, 7) is 3.54. The molecule has 0 bridgehead atoms. The Kier molecular flexibility index (Phi) is 7.36. The van der Waals surface area contributed by atoms with Crippen LogP contribution < -0.4 is 15.5 Å². The molecular formula is C24H20ClN3O4. The van der Waals surface area contributed by atoms with E-state index in [1.165, 1.54) is 0 Å². The fourth-order valence-electron chi connectivity index (χ4n) is 2.67. The number of esters is 1. The fourth-order valence-corrected chi connectivity index (χ4v) is 2.80. The predicted molar refractivity (Wildman–Crippen MR) is 123 cm³/mol. The van der Waals surface area contributed by atoms with E-state index in [1.54, 1.807) is 67.6 Å². The lowest BCUT2D eigenvalue weighted by Gasteiger charge is -2.10. The second-order valence-corrected chi connectivity index (χ2v) is 7.29. The Bertz CT molecular complexity index is 1170. The lowest BCUT2D eigenvalue weighted by Crippen LogP contribution is -2.33. The number of hydrazone groups is 1. The maximum Gasteiger partial charge on any atom is 0.343 e. The second-order valence-electron chi connectivity index (χ2n) is 6.85. The molecule has 0 aliphatic heterocycles. The number of carbonyl (C=O) groups is 3. The van der Waals surface area contributed by atoms with Crippen LogP contribution in [0, 0.1) is 6.92 Å².